The zero-order valence-corrected chi connectivity index (χ0v) is 18.0. The molecule has 0 radical (unpaired) electrons. The fraction of sp³-hybridized carbons (Fsp3) is 0.200. The lowest BCUT2D eigenvalue weighted by Crippen LogP contribution is -2.09. The van der Waals surface area contributed by atoms with Gasteiger partial charge in [-0.15, -0.1) is 0 Å². The highest BCUT2D eigenvalue weighted by Gasteiger charge is 2.22. The van der Waals surface area contributed by atoms with Crippen LogP contribution in [-0.2, 0) is 16.6 Å². The molecule has 3 aromatic rings. The fourth-order valence-corrected chi connectivity index (χ4v) is 4.52. The first-order valence-corrected chi connectivity index (χ1v) is 12.0. The quantitative estimate of drug-likeness (QED) is 0.576. The molecule has 0 fully saturated rings. The number of fused-ring (bicyclic) bond motifs is 2. The van der Waals surface area contributed by atoms with Crippen LogP contribution in [-0.4, -0.2) is 14.7 Å². The second kappa shape index (κ2) is 8.36. The van der Waals surface area contributed by atoms with Crippen LogP contribution >= 0.6 is 0 Å². The van der Waals surface area contributed by atoms with Crippen LogP contribution in [0.2, 0.25) is 0 Å². The maximum atomic E-state index is 11.7. The molecule has 0 unspecified atom stereocenters. The van der Waals surface area contributed by atoms with E-state index in [2.05, 4.69) is 35.9 Å². The first-order valence-electron chi connectivity index (χ1n) is 10.1. The molecule has 0 saturated heterocycles. The lowest BCUT2D eigenvalue weighted by atomic mass is 9.85. The van der Waals surface area contributed by atoms with E-state index in [1.165, 1.54) is 11.8 Å². The average molecular weight is 420 g/mol. The highest BCUT2D eigenvalue weighted by atomic mass is 32.2. The third kappa shape index (κ3) is 4.26. The molecule has 0 saturated carbocycles. The predicted octanol–water partition coefficient (Wildman–Crippen LogP) is 5.71. The SMILES string of the molecule is CCCC(=C1c2ccccc2COc2ccccc21)c1cccc(NS(C)(=O)=O)c1. The molecule has 1 aliphatic heterocycles. The van der Waals surface area contributed by atoms with Gasteiger partial charge in [0, 0.05) is 11.3 Å². The largest absolute Gasteiger partial charge is 0.488 e. The fourth-order valence-electron chi connectivity index (χ4n) is 3.96. The highest BCUT2D eigenvalue weighted by Crippen LogP contribution is 2.42. The van der Waals surface area contributed by atoms with Crippen molar-refractivity contribution in [3.05, 3.63) is 95.1 Å². The Balaban J connectivity index is 2.00. The van der Waals surface area contributed by atoms with E-state index in [1.54, 1.807) is 6.07 Å². The van der Waals surface area contributed by atoms with Crippen molar-refractivity contribution in [2.45, 2.75) is 26.4 Å². The van der Waals surface area contributed by atoms with E-state index in [0.29, 0.717) is 12.3 Å². The molecule has 1 aliphatic rings. The third-order valence-electron chi connectivity index (χ3n) is 5.14. The van der Waals surface area contributed by atoms with Crippen molar-refractivity contribution < 1.29 is 13.2 Å². The molecule has 3 aromatic carbocycles. The van der Waals surface area contributed by atoms with Crippen molar-refractivity contribution in [3.63, 3.8) is 0 Å². The maximum Gasteiger partial charge on any atom is 0.229 e. The van der Waals surface area contributed by atoms with Gasteiger partial charge in [-0.25, -0.2) is 8.42 Å². The predicted molar refractivity (Wildman–Crippen MR) is 123 cm³/mol. The van der Waals surface area contributed by atoms with Gasteiger partial charge in [-0.05, 0) is 52.5 Å². The molecule has 0 atom stereocenters. The number of rotatable bonds is 5. The molecular formula is C25H25NO3S. The van der Waals surface area contributed by atoms with Gasteiger partial charge in [0.05, 0.1) is 6.26 Å². The van der Waals surface area contributed by atoms with Crippen molar-refractivity contribution in [2.75, 3.05) is 11.0 Å². The van der Waals surface area contributed by atoms with Crippen LogP contribution < -0.4 is 9.46 Å². The van der Waals surface area contributed by atoms with Gasteiger partial charge in [0.25, 0.3) is 0 Å². The van der Waals surface area contributed by atoms with Gasteiger partial charge in [-0.3, -0.25) is 4.72 Å². The monoisotopic (exact) mass is 419 g/mol. The number of allylic oxidation sites excluding steroid dienone is 1. The number of hydrogen-bond acceptors (Lipinski definition) is 3. The number of sulfonamides is 1. The lowest BCUT2D eigenvalue weighted by molar-refractivity contribution is 0.307. The number of ether oxygens (including phenoxy) is 1. The van der Waals surface area contributed by atoms with Crippen LogP contribution in [0.15, 0.2) is 72.8 Å². The molecule has 4 nitrogen and oxygen atoms in total. The lowest BCUT2D eigenvalue weighted by Gasteiger charge is -2.18. The summed E-state index contributed by atoms with van der Waals surface area (Å²) in [7, 11) is -3.35. The van der Waals surface area contributed by atoms with Crippen LogP contribution in [0.3, 0.4) is 0 Å². The molecule has 30 heavy (non-hydrogen) atoms. The summed E-state index contributed by atoms with van der Waals surface area (Å²) >= 11 is 0. The molecular weight excluding hydrogens is 394 g/mol. The number of anilines is 1. The summed E-state index contributed by atoms with van der Waals surface area (Å²) < 4.78 is 32.2. The van der Waals surface area contributed by atoms with E-state index < -0.39 is 10.0 Å². The molecule has 0 aliphatic carbocycles. The van der Waals surface area contributed by atoms with E-state index in [-0.39, 0.29) is 0 Å². The molecule has 154 valence electrons. The van der Waals surface area contributed by atoms with Gasteiger partial charge in [0.15, 0.2) is 0 Å². The van der Waals surface area contributed by atoms with Crippen LogP contribution in [0.5, 0.6) is 5.75 Å². The Bertz CT molecular complexity index is 1160. The van der Waals surface area contributed by atoms with Gasteiger partial charge < -0.3 is 4.74 Å². The Kier molecular flexibility index (Phi) is 5.64. The van der Waals surface area contributed by atoms with Crippen LogP contribution in [0.25, 0.3) is 11.1 Å². The van der Waals surface area contributed by atoms with E-state index in [9.17, 15) is 8.42 Å². The first-order chi connectivity index (χ1) is 14.5. The minimum atomic E-state index is -3.35. The Hall–Kier alpha value is -3.05. The van der Waals surface area contributed by atoms with Gasteiger partial charge in [-0.1, -0.05) is 67.9 Å². The minimum Gasteiger partial charge on any atom is -0.488 e. The van der Waals surface area contributed by atoms with Crippen molar-refractivity contribution in [1.29, 1.82) is 0 Å². The smallest absolute Gasteiger partial charge is 0.229 e. The third-order valence-corrected chi connectivity index (χ3v) is 5.75. The number of para-hydroxylation sites is 1. The van der Waals surface area contributed by atoms with Crippen molar-refractivity contribution >= 4 is 26.9 Å². The second-order valence-electron chi connectivity index (χ2n) is 7.50. The number of nitrogens with one attached hydrogen (secondary N) is 1. The first kappa shape index (κ1) is 20.2. The standard InChI is InChI=1S/C25H25NO3S/c1-3-9-21(18-11-8-12-20(16-18)26-30(2,27)28)25-22-13-5-4-10-19(22)17-29-24-15-7-6-14-23(24)25/h4-8,10-16,26H,3,9,17H2,1-2H3. The number of benzene rings is 3. The van der Waals surface area contributed by atoms with Crippen molar-refractivity contribution in [3.8, 4) is 5.75 Å². The van der Waals surface area contributed by atoms with Crippen molar-refractivity contribution in [1.82, 2.24) is 0 Å². The molecule has 0 amide bonds. The van der Waals surface area contributed by atoms with E-state index in [0.717, 1.165) is 46.4 Å². The van der Waals surface area contributed by atoms with Gasteiger partial charge in [-0.2, -0.15) is 0 Å². The Morgan fingerprint density at radius 2 is 1.70 bits per heavy atom. The summed E-state index contributed by atoms with van der Waals surface area (Å²) in [6.45, 7) is 2.68. The Labute approximate surface area is 178 Å². The number of hydrogen-bond donors (Lipinski definition) is 1. The summed E-state index contributed by atoms with van der Waals surface area (Å²) in [5.41, 5.74) is 7.27. The molecule has 1 N–H and O–H groups in total. The van der Waals surface area contributed by atoms with E-state index in [4.69, 9.17) is 4.74 Å². The van der Waals surface area contributed by atoms with Crippen LogP contribution in [0.4, 0.5) is 5.69 Å². The Morgan fingerprint density at radius 3 is 2.47 bits per heavy atom. The highest BCUT2D eigenvalue weighted by molar-refractivity contribution is 7.92. The molecule has 1 heterocycles. The maximum absolute atomic E-state index is 11.7. The molecule has 0 aromatic heterocycles. The average Bonchev–Trinajstić information content (AvgIpc) is 2.88. The zero-order valence-electron chi connectivity index (χ0n) is 17.2. The summed E-state index contributed by atoms with van der Waals surface area (Å²) in [6, 6.07) is 24.1. The molecule has 5 heteroatoms. The normalized spacial score (nSPS) is 14.7. The van der Waals surface area contributed by atoms with E-state index in [1.807, 2.05) is 42.5 Å². The summed E-state index contributed by atoms with van der Waals surface area (Å²) in [5.74, 6) is 0.864. The van der Waals surface area contributed by atoms with E-state index >= 15 is 0 Å². The van der Waals surface area contributed by atoms with Crippen LogP contribution in [0, 0.1) is 0 Å². The van der Waals surface area contributed by atoms with Gasteiger partial charge in [0.2, 0.25) is 10.0 Å². The van der Waals surface area contributed by atoms with Gasteiger partial charge in [0.1, 0.15) is 12.4 Å². The van der Waals surface area contributed by atoms with Crippen LogP contribution in [0.1, 0.15) is 42.0 Å². The topological polar surface area (TPSA) is 55.4 Å². The molecule has 4 rings (SSSR count). The summed E-state index contributed by atoms with van der Waals surface area (Å²) in [5, 5.41) is 0. The van der Waals surface area contributed by atoms with Gasteiger partial charge >= 0.3 is 0 Å². The molecule has 0 bridgehead atoms. The minimum absolute atomic E-state index is 0.520. The Morgan fingerprint density at radius 1 is 0.967 bits per heavy atom. The zero-order chi connectivity index (χ0) is 21.1. The second-order valence-corrected chi connectivity index (χ2v) is 9.25. The summed E-state index contributed by atoms with van der Waals surface area (Å²) in [6.07, 6.45) is 2.99. The summed E-state index contributed by atoms with van der Waals surface area (Å²) in [4.78, 5) is 0. The van der Waals surface area contributed by atoms with Crippen molar-refractivity contribution in [2.24, 2.45) is 0 Å². The molecule has 0 spiro atoms.